The number of nitrogens with zero attached hydrogens (tertiary/aromatic N) is 1. The fourth-order valence-electron chi connectivity index (χ4n) is 3.24. The van der Waals surface area contributed by atoms with Gasteiger partial charge in [0, 0.05) is 23.1 Å². The molecule has 136 valence electrons. The van der Waals surface area contributed by atoms with Gasteiger partial charge in [-0.1, -0.05) is 13.8 Å². The highest BCUT2D eigenvalue weighted by Gasteiger charge is 2.21. The lowest BCUT2D eigenvalue weighted by Gasteiger charge is -2.14. The Kier molecular flexibility index (Phi) is 6.17. The van der Waals surface area contributed by atoms with E-state index in [1.807, 2.05) is 0 Å². The summed E-state index contributed by atoms with van der Waals surface area (Å²) in [5, 5.41) is 3.85. The van der Waals surface area contributed by atoms with E-state index in [1.165, 1.54) is 10.4 Å². The van der Waals surface area contributed by atoms with Crippen molar-refractivity contribution in [1.82, 2.24) is 15.3 Å². The molecule has 0 radical (unpaired) electrons. The maximum atomic E-state index is 12.4. The van der Waals surface area contributed by atoms with Gasteiger partial charge >= 0.3 is 0 Å². The predicted molar refractivity (Wildman–Crippen MR) is 106 cm³/mol. The summed E-state index contributed by atoms with van der Waals surface area (Å²) in [6.45, 7) is 4.17. The van der Waals surface area contributed by atoms with Crippen LogP contribution in [0.4, 0.5) is 0 Å². The average molecular weight is 380 g/mol. The maximum Gasteiger partial charge on any atom is 0.259 e. The molecule has 0 atom stereocenters. The largest absolute Gasteiger partial charge is 0.353 e. The molecule has 0 aromatic carbocycles. The molecule has 1 aliphatic carbocycles. The molecule has 2 heterocycles. The molecule has 2 aromatic heterocycles. The standard InChI is InChI=1S/C18H25N3O2S2/c1-3-11(4-2)19-15(22)8-9-24-10-14-20-17(23)16-12-6-5-7-13(12)25-18(16)21-14/h11H,3-10H2,1-2H3,(H,19,22)(H,20,21,23). The number of thioether (sulfide) groups is 1. The van der Waals surface area contributed by atoms with Gasteiger partial charge < -0.3 is 10.3 Å². The fourth-order valence-corrected chi connectivity index (χ4v) is 5.33. The highest BCUT2D eigenvalue weighted by Crippen LogP contribution is 2.34. The Morgan fingerprint density at radius 2 is 2.16 bits per heavy atom. The molecule has 2 aromatic rings. The Labute approximate surface area is 156 Å². The van der Waals surface area contributed by atoms with Crippen molar-refractivity contribution in [3.63, 3.8) is 0 Å². The van der Waals surface area contributed by atoms with E-state index in [2.05, 4.69) is 29.1 Å². The van der Waals surface area contributed by atoms with Crippen molar-refractivity contribution in [3.05, 3.63) is 26.6 Å². The molecule has 0 unspecified atom stereocenters. The number of fused-ring (bicyclic) bond motifs is 3. The summed E-state index contributed by atoms with van der Waals surface area (Å²) in [7, 11) is 0. The summed E-state index contributed by atoms with van der Waals surface area (Å²) in [6.07, 6.45) is 5.65. The minimum atomic E-state index is -0.00789. The van der Waals surface area contributed by atoms with Gasteiger partial charge in [0.2, 0.25) is 5.91 Å². The van der Waals surface area contributed by atoms with Crippen LogP contribution in [0.1, 0.15) is 55.8 Å². The molecule has 0 bridgehead atoms. The number of thiophene rings is 1. The van der Waals surface area contributed by atoms with Crippen molar-refractivity contribution in [2.45, 2.75) is 64.2 Å². The zero-order valence-corrected chi connectivity index (χ0v) is 16.4. The molecule has 5 nitrogen and oxygen atoms in total. The van der Waals surface area contributed by atoms with Gasteiger partial charge in [0.15, 0.2) is 0 Å². The smallest absolute Gasteiger partial charge is 0.259 e. The predicted octanol–water partition coefficient (Wildman–Crippen LogP) is 3.40. The molecule has 25 heavy (non-hydrogen) atoms. The quantitative estimate of drug-likeness (QED) is 0.689. The van der Waals surface area contributed by atoms with Crippen molar-refractivity contribution >= 4 is 39.2 Å². The first-order chi connectivity index (χ1) is 12.1. The molecule has 1 amide bonds. The Hall–Kier alpha value is -1.34. The van der Waals surface area contributed by atoms with Gasteiger partial charge in [-0.05, 0) is 37.7 Å². The average Bonchev–Trinajstić information content (AvgIpc) is 3.17. The third-order valence-corrected chi connectivity index (χ3v) is 6.84. The van der Waals surface area contributed by atoms with Crippen molar-refractivity contribution in [3.8, 4) is 0 Å². The number of nitrogens with one attached hydrogen (secondary N) is 2. The maximum absolute atomic E-state index is 12.4. The van der Waals surface area contributed by atoms with Crippen molar-refractivity contribution in [2.24, 2.45) is 0 Å². The highest BCUT2D eigenvalue weighted by molar-refractivity contribution is 7.98. The SMILES string of the molecule is CCC(CC)NC(=O)CCSCc1nc2sc3c(c2c(=O)[nH]1)CCC3. The Morgan fingerprint density at radius 1 is 1.36 bits per heavy atom. The number of carbonyl (C=O) groups is 1. The summed E-state index contributed by atoms with van der Waals surface area (Å²) >= 11 is 3.30. The lowest BCUT2D eigenvalue weighted by atomic mass is 10.2. The number of aromatic nitrogens is 2. The van der Waals surface area contributed by atoms with E-state index in [1.54, 1.807) is 23.1 Å². The number of rotatable bonds is 8. The molecular formula is C18H25N3O2S2. The van der Waals surface area contributed by atoms with Crippen LogP contribution in [0.5, 0.6) is 0 Å². The minimum Gasteiger partial charge on any atom is -0.353 e. The number of amides is 1. The second kappa shape index (κ2) is 8.36. The molecule has 3 rings (SSSR count). The van der Waals surface area contributed by atoms with Crippen LogP contribution in [0, 0.1) is 0 Å². The summed E-state index contributed by atoms with van der Waals surface area (Å²) < 4.78 is 0. The summed E-state index contributed by atoms with van der Waals surface area (Å²) in [5.41, 5.74) is 1.21. The van der Waals surface area contributed by atoms with Gasteiger partial charge in [-0.3, -0.25) is 9.59 Å². The monoisotopic (exact) mass is 379 g/mol. The van der Waals surface area contributed by atoms with Gasteiger partial charge in [-0.25, -0.2) is 4.98 Å². The Bertz CT molecular complexity index is 808. The Balaban J connectivity index is 1.54. The topological polar surface area (TPSA) is 74.8 Å². The van der Waals surface area contributed by atoms with Crippen LogP contribution in [-0.4, -0.2) is 27.7 Å². The van der Waals surface area contributed by atoms with Crippen LogP contribution in [0.2, 0.25) is 0 Å². The number of aryl methyl sites for hydroxylation is 2. The first-order valence-electron chi connectivity index (χ1n) is 9.02. The highest BCUT2D eigenvalue weighted by atomic mass is 32.2. The lowest BCUT2D eigenvalue weighted by Crippen LogP contribution is -2.33. The Morgan fingerprint density at radius 3 is 2.92 bits per heavy atom. The molecule has 0 aliphatic heterocycles. The molecule has 0 saturated heterocycles. The number of aromatic amines is 1. The van der Waals surface area contributed by atoms with E-state index in [9.17, 15) is 9.59 Å². The molecule has 7 heteroatoms. The van der Waals surface area contributed by atoms with Crippen LogP contribution in [0.3, 0.4) is 0 Å². The van der Waals surface area contributed by atoms with E-state index >= 15 is 0 Å². The lowest BCUT2D eigenvalue weighted by molar-refractivity contribution is -0.121. The second-order valence-corrected chi connectivity index (χ2v) is 8.62. The van der Waals surface area contributed by atoms with E-state index in [-0.39, 0.29) is 17.5 Å². The molecule has 0 saturated carbocycles. The second-order valence-electron chi connectivity index (χ2n) is 6.43. The third-order valence-electron chi connectivity index (χ3n) is 4.69. The third kappa shape index (κ3) is 4.26. The van der Waals surface area contributed by atoms with Gasteiger partial charge in [0.1, 0.15) is 10.7 Å². The van der Waals surface area contributed by atoms with Crippen LogP contribution in [0.25, 0.3) is 10.2 Å². The number of H-pyrrole nitrogens is 1. The van der Waals surface area contributed by atoms with E-state index in [0.29, 0.717) is 18.0 Å². The molecular weight excluding hydrogens is 354 g/mol. The normalized spacial score (nSPS) is 13.6. The summed E-state index contributed by atoms with van der Waals surface area (Å²) in [4.78, 5) is 34.0. The zero-order chi connectivity index (χ0) is 17.8. The molecule has 2 N–H and O–H groups in total. The minimum absolute atomic E-state index is 0.00789. The van der Waals surface area contributed by atoms with E-state index in [4.69, 9.17) is 0 Å². The van der Waals surface area contributed by atoms with Crippen molar-refractivity contribution in [1.29, 1.82) is 0 Å². The van der Waals surface area contributed by atoms with E-state index in [0.717, 1.165) is 48.1 Å². The van der Waals surface area contributed by atoms with Crippen LogP contribution < -0.4 is 10.9 Å². The molecule has 0 spiro atoms. The number of hydrogen-bond donors (Lipinski definition) is 2. The van der Waals surface area contributed by atoms with Crippen LogP contribution in [-0.2, 0) is 23.4 Å². The van der Waals surface area contributed by atoms with E-state index < -0.39 is 0 Å². The van der Waals surface area contributed by atoms with Crippen molar-refractivity contribution in [2.75, 3.05) is 5.75 Å². The molecule has 0 fully saturated rings. The van der Waals surface area contributed by atoms with Gasteiger partial charge in [-0.2, -0.15) is 11.8 Å². The zero-order valence-electron chi connectivity index (χ0n) is 14.8. The first kappa shape index (κ1) is 18.5. The van der Waals surface area contributed by atoms with Gasteiger partial charge in [-0.15, -0.1) is 11.3 Å². The number of carbonyl (C=O) groups excluding carboxylic acids is 1. The summed E-state index contributed by atoms with van der Waals surface area (Å²) in [6, 6.07) is 0.277. The van der Waals surface area contributed by atoms with Crippen LogP contribution >= 0.6 is 23.1 Å². The van der Waals surface area contributed by atoms with Crippen LogP contribution in [0.15, 0.2) is 4.79 Å². The van der Waals surface area contributed by atoms with Gasteiger partial charge in [0.25, 0.3) is 5.56 Å². The first-order valence-corrected chi connectivity index (χ1v) is 11.0. The number of hydrogen-bond acceptors (Lipinski definition) is 5. The van der Waals surface area contributed by atoms with Crippen molar-refractivity contribution < 1.29 is 4.79 Å². The molecule has 1 aliphatic rings. The fraction of sp³-hybridized carbons (Fsp3) is 0.611. The van der Waals surface area contributed by atoms with Gasteiger partial charge in [0.05, 0.1) is 11.1 Å². The summed E-state index contributed by atoms with van der Waals surface area (Å²) in [5.74, 6) is 2.18.